The summed E-state index contributed by atoms with van der Waals surface area (Å²) in [6, 6.07) is 41.5. The SMILES string of the molecule is Fc1ccc(-c2cc3c4c(c2)-n2c5ccccc5c5cccc(c52)B4c2cccc4c2N3c2ccccc2O4)cc1. The Kier molecular flexibility index (Phi) is 3.92. The molecule has 41 heavy (non-hydrogen) atoms. The molecule has 10 rings (SSSR count). The highest BCUT2D eigenvalue weighted by atomic mass is 19.1. The molecule has 0 spiro atoms. The van der Waals surface area contributed by atoms with Gasteiger partial charge in [0.2, 0.25) is 0 Å². The quantitative estimate of drug-likeness (QED) is 0.209. The van der Waals surface area contributed by atoms with Gasteiger partial charge in [-0.2, -0.15) is 0 Å². The van der Waals surface area contributed by atoms with Crippen LogP contribution in [0.4, 0.5) is 21.5 Å². The normalized spacial score (nSPS) is 13.6. The number of hydrogen-bond acceptors (Lipinski definition) is 2. The first-order valence-electron chi connectivity index (χ1n) is 13.9. The van der Waals surface area contributed by atoms with Gasteiger partial charge in [0.05, 0.1) is 16.9 Å². The van der Waals surface area contributed by atoms with E-state index in [1.165, 1.54) is 38.2 Å². The van der Waals surface area contributed by atoms with Crippen LogP contribution in [0, 0.1) is 5.82 Å². The number of ether oxygens (including phenoxy) is 1. The molecular weight excluding hydrogens is 506 g/mol. The van der Waals surface area contributed by atoms with Crippen LogP contribution in [0.3, 0.4) is 0 Å². The molecule has 0 atom stereocenters. The number of para-hydroxylation sites is 5. The zero-order valence-electron chi connectivity index (χ0n) is 21.8. The van der Waals surface area contributed by atoms with E-state index in [-0.39, 0.29) is 12.5 Å². The van der Waals surface area contributed by atoms with Gasteiger partial charge in [-0.05, 0) is 76.0 Å². The van der Waals surface area contributed by atoms with E-state index in [4.69, 9.17) is 4.74 Å². The topological polar surface area (TPSA) is 17.4 Å². The van der Waals surface area contributed by atoms with Gasteiger partial charge in [-0.15, -0.1) is 0 Å². The number of hydrogen-bond donors (Lipinski definition) is 0. The van der Waals surface area contributed by atoms with E-state index in [9.17, 15) is 4.39 Å². The van der Waals surface area contributed by atoms with Crippen LogP contribution < -0.4 is 26.0 Å². The molecule has 3 aliphatic heterocycles. The molecule has 4 heterocycles. The van der Waals surface area contributed by atoms with Crippen molar-refractivity contribution in [1.82, 2.24) is 4.57 Å². The van der Waals surface area contributed by atoms with Crippen molar-refractivity contribution in [2.75, 3.05) is 4.90 Å². The van der Waals surface area contributed by atoms with Gasteiger partial charge in [0.25, 0.3) is 6.71 Å². The minimum atomic E-state index is -0.235. The van der Waals surface area contributed by atoms with E-state index in [1.54, 1.807) is 12.1 Å². The predicted octanol–water partition coefficient (Wildman–Crippen LogP) is 7.31. The summed E-state index contributed by atoms with van der Waals surface area (Å²) in [7, 11) is 0. The van der Waals surface area contributed by atoms with Gasteiger partial charge >= 0.3 is 0 Å². The maximum absolute atomic E-state index is 14.0. The predicted molar refractivity (Wildman–Crippen MR) is 166 cm³/mol. The molecule has 6 aromatic carbocycles. The zero-order chi connectivity index (χ0) is 26.8. The molecule has 5 heteroatoms. The van der Waals surface area contributed by atoms with E-state index >= 15 is 0 Å². The molecule has 0 amide bonds. The third-order valence-corrected chi connectivity index (χ3v) is 9.01. The van der Waals surface area contributed by atoms with Crippen LogP contribution in [0.15, 0.2) is 121 Å². The van der Waals surface area contributed by atoms with Gasteiger partial charge in [-0.1, -0.05) is 72.8 Å². The van der Waals surface area contributed by atoms with Crippen molar-refractivity contribution in [3.63, 3.8) is 0 Å². The molecule has 0 unspecified atom stereocenters. The Bertz CT molecular complexity index is 2270. The number of nitrogens with zero attached hydrogens (tertiary/aromatic N) is 2. The van der Waals surface area contributed by atoms with Crippen LogP contribution >= 0.6 is 0 Å². The van der Waals surface area contributed by atoms with E-state index in [0.717, 1.165) is 45.4 Å². The second-order valence-electron chi connectivity index (χ2n) is 11.1. The first kappa shape index (κ1) is 21.5. The summed E-state index contributed by atoms with van der Waals surface area (Å²) >= 11 is 0. The highest BCUT2D eigenvalue weighted by molar-refractivity contribution is 7.00. The largest absolute Gasteiger partial charge is 0.453 e. The van der Waals surface area contributed by atoms with E-state index < -0.39 is 0 Å². The standard InChI is InChI=1S/C36H20BFN2O/c38-23-17-15-21(16-18-23)22-19-30-34-31(20-22)40-29-12-3-4-13-32(29)41-33-14-6-10-27(36(33)40)37(34)26-9-5-8-25-24-7-1-2-11-28(24)39(30)35(25)26/h1-20H. The van der Waals surface area contributed by atoms with E-state index in [2.05, 4.69) is 94.4 Å². The van der Waals surface area contributed by atoms with E-state index in [1.807, 2.05) is 24.3 Å². The lowest BCUT2D eigenvalue weighted by Crippen LogP contribution is -2.60. The number of halogens is 1. The van der Waals surface area contributed by atoms with Crippen LogP contribution in [0.5, 0.6) is 11.5 Å². The lowest BCUT2D eigenvalue weighted by molar-refractivity contribution is 0.477. The zero-order valence-corrected chi connectivity index (χ0v) is 21.8. The van der Waals surface area contributed by atoms with Crippen molar-refractivity contribution >= 4 is 62.0 Å². The maximum Gasteiger partial charge on any atom is 0.252 e. The molecule has 7 aromatic rings. The van der Waals surface area contributed by atoms with Crippen molar-refractivity contribution in [2.24, 2.45) is 0 Å². The second-order valence-corrected chi connectivity index (χ2v) is 11.1. The Morgan fingerprint density at radius 1 is 0.585 bits per heavy atom. The Morgan fingerprint density at radius 2 is 1.32 bits per heavy atom. The lowest BCUT2D eigenvalue weighted by atomic mass is 9.33. The molecule has 0 saturated heterocycles. The van der Waals surface area contributed by atoms with Crippen LogP contribution in [-0.4, -0.2) is 11.3 Å². The van der Waals surface area contributed by atoms with Gasteiger partial charge in [-0.25, -0.2) is 4.39 Å². The van der Waals surface area contributed by atoms with Crippen molar-refractivity contribution in [3.05, 3.63) is 127 Å². The van der Waals surface area contributed by atoms with Gasteiger partial charge < -0.3 is 14.2 Å². The first-order chi connectivity index (χ1) is 20.3. The van der Waals surface area contributed by atoms with Crippen molar-refractivity contribution in [3.8, 4) is 28.3 Å². The third-order valence-electron chi connectivity index (χ3n) is 9.01. The molecule has 1 aromatic heterocycles. The van der Waals surface area contributed by atoms with Crippen LogP contribution in [0.2, 0.25) is 0 Å². The molecule has 0 N–H and O–H groups in total. The second kappa shape index (κ2) is 7.46. The Balaban J connectivity index is 1.42. The lowest BCUT2D eigenvalue weighted by Gasteiger charge is -2.43. The number of anilines is 3. The number of rotatable bonds is 1. The van der Waals surface area contributed by atoms with Crippen LogP contribution in [0.1, 0.15) is 0 Å². The minimum Gasteiger partial charge on any atom is -0.453 e. The summed E-state index contributed by atoms with van der Waals surface area (Å²) in [5, 5.41) is 2.50. The number of benzene rings is 6. The summed E-state index contributed by atoms with van der Waals surface area (Å²) in [5.74, 6) is 1.46. The molecule has 3 nitrogen and oxygen atoms in total. The molecular formula is C36H20BFN2O. The van der Waals surface area contributed by atoms with Crippen molar-refractivity contribution < 1.29 is 9.13 Å². The average Bonchev–Trinajstić information content (AvgIpc) is 3.36. The molecule has 0 bridgehead atoms. The van der Waals surface area contributed by atoms with Gasteiger partial charge in [0, 0.05) is 27.7 Å². The summed E-state index contributed by atoms with van der Waals surface area (Å²) in [6.45, 7) is 0.0443. The Labute approximate surface area is 235 Å². The fraction of sp³-hybridized carbons (Fsp3) is 0. The van der Waals surface area contributed by atoms with Crippen LogP contribution in [0.25, 0.3) is 38.6 Å². The number of fused-ring (bicyclic) bond motifs is 9. The maximum atomic E-state index is 14.0. The van der Waals surface area contributed by atoms with Crippen molar-refractivity contribution in [1.29, 1.82) is 0 Å². The smallest absolute Gasteiger partial charge is 0.252 e. The first-order valence-corrected chi connectivity index (χ1v) is 13.9. The number of aromatic nitrogens is 1. The highest BCUT2D eigenvalue weighted by Gasteiger charge is 2.44. The van der Waals surface area contributed by atoms with Gasteiger partial charge in [0.15, 0.2) is 11.5 Å². The third kappa shape index (κ3) is 2.64. The molecule has 0 aliphatic carbocycles. The summed E-state index contributed by atoms with van der Waals surface area (Å²) < 4.78 is 23.0. The van der Waals surface area contributed by atoms with Gasteiger partial charge in [-0.3, -0.25) is 0 Å². The molecule has 190 valence electrons. The molecule has 0 fully saturated rings. The summed E-state index contributed by atoms with van der Waals surface area (Å²) in [4.78, 5) is 2.38. The Hall–Kier alpha value is -5.29. The average molecular weight is 526 g/mol. The van der Waals surface area contributed by atoms with Crippen LogP contribution in [-0.2, 0) is 0 Å². The summed E-state index contributed by atoms with van der Waals surface area (Å²) in [6.07, 6.45) is 0. The fourth-order valence-corrected chi connectivity index (χ4v) is 7.42. The minimum absolute atomic E-state index is 0.0443. The highest BCUT2D eigenvalue weighted by Crippen LogP contribution is 2.52. The van der Waals surface area contributed by atoms with E-state index in [0.29, 0.717) is 0 Å². The molecule has 3 aliphatic rings. The molecule has 0 radical (unpaired) electrons. The Morgan fingerprint density at radius 3 is 2.24 bits per heavy atom. The monoisotopic (exact) mass is 526 g/mol. The van der Waals surface area contributed by atoms with Gasteiger partial charge in [0.1, 0.15) is 5.82 Å². The fourth-order valence-electron chi connectivity index (χ4n) is 7.42. The van der Waals surface area contributed by atoms with Crippen molar-refractivity contribution in [2.45, 2.75) is 0 Å². The summed E-state index contributed by atoms with van der Waals surface area (Å²) in [5.41, 5.74) is 12.7. The molecule has 0 saturated carbocycles.